The van der Waals surface area contributed by atoms with Gasteiger partial charge in [-0.25, -0.2) is 4.79 Å². The number of carbonyl (C=O) groups is 2. The van der Waals surface area contributed by atoms with Gasteiger partial charge in [-0.05, 0) is 54.8 Å². The van der Waals surface area contributed by atoms with Crippen LogP contribution in [0.2, 0.25) is 0 Å². The lowest BCUT2D eigenvalue weighted by Crippen LogP contribution is -2.22. The Hall–Kier alpha value is -2.86. The molecule has 1 heterocycles. The summed E-state index contributed by atoms with van der Waals surface area (Å²) in [6.07, 6.45) is 2.28. The molecule has 1 unspecified atom stereocenters. The first-order valence-corrected chi connectivity index (χ1v) is 8.95. The Morgan fingerprint density at radius 1 is 1.07 bits per heavy atom. The molecule has 0 radical (unpaired) electrons. The third-order valence-corrected chi connectivity index (χ3v) is 4.40. The van der Waals surface area contributed by atoms with E-state index in [0.29, 0.717) is 24.3 Å². The van der Waals surface area contributed by atoms with E-state index in [4.69, 9.17) is 9.47 Å². The Morgan fingerprint density at radius 3 is 2.41 bits per heavy atom. The molecule has 1 aliphatic heterocycles. The van der Waals surface area contributed by atoms with Gasteiger partial charge in [-0.2, -0.15) is 0 Å². The zero-order valence-corrected chi connectivity index (χ0v) is 15.3. The molecule has 1 atom stereocenters. The Balaban J connectivity index is 1.48. The fourth-order valence-electron chi connectivity index (χ4n) is 2.83. The van der Waals surface area contributed by atoms with E-state index in [1.807, 2.05) is 0 Å². The molecule has 6 nitrogen and oxygen atoms in total. The second kappa shape index (κ2) is 9.19. The van der Waals surface area contributed by atoms with Crippen LogP contribution in [0.1, 0.15) is 39.1 Å². The van der Waals surface area contributed by atoms with Crippen LogP contribution >= 0.6 is 0 Å². The number of rotatable bonds is 7. The lowest BCUT2D eigenvalue weighted by atomic mass is 10.1. The van der Waals surface area contributed by atoms with E-state index in [-0.39, 0.29) is 18.0 Å². The van der Waals surface area contributed by atoms with E-state index < -0.39 is 0 Å². The number of hydrogen-bond donors (Lipinski definition) is 1. The second-order valence-electron chi connectivity index (χ2n) is 6.34. The van der Waals surface area contributed by atoms with Crippen molar-refractivity contribution in [2.24, 2.45) is 0 Å². The molecule has 0 saturated carbocycles. The molecule has 2 aromatic rings. The van der Waals surface area contributed by atoms with Crippen LogP contribution in [0.4, 0.5) is 0 Å². The molecule has 0 aliphatic carbocycles. The van der Waals surface area contributed by atoms with Crippen molar-refractivity contribution in [1.82, 2.24) is 5.32 Å². The van der Waals surface area contributed by atoms with Gasteiger partial charge in [0, 0.05) is 18.7 Å². The van der Waals surface area contributed by atoms with Crippen LogP contribution < -0.4 is 10.1 Å². The smallest absolute Gasteiger partial charge is 0.337 e. The van der Waals surface area contributed by atoms with Gasteiger partial charge in [-0.3, -0.25) is 4.79 Å². The van der Waals surface area contributed by atoms with Gasteiger partial charge >= 0.3 is 5.97 Å². The van der Waals surface area contributed by atoms with E-state index in [1.165, 1.54) is 7.11 Å². The van der Waals surface area contributed by atoms with Gasteiger partial charge in [0.05, 0.1) is 18.8 Å². The molecule has 1 amide bonds. The first-order chi connectivity index (χ1) is 13.2. The van der Waals surface area contributed by atoms with Crippen LogP contribution in [0.3, 0.4) is 0 Å². The van der Waals surface area contributed by atoms with Gasteiger partial charge < -0.3 is 19.5 Å². The topological polar surface area (TPSA) is 73.9 Å². The molecule has 3 rings (SSSR count). The molecule has 1 saturated heterocycles. The molecule has 6 heteroatoms. The minimum absolute atomic E-state index is 0.165. The van der Waals surface area contributed by atoms with Crippen LogP contribution in [-0.2, 0) is 16.0 Å². The second-order valence-corrected chi connectivity index (χ2v) is 6.34. The first kappa shape index (κ1) is 18.9. The summed E-state index contributed by atoms with van der Waals surface area (Å²) in [6, 6.07) is 14.0. The average molecular weight is 369 g/mol. The fourth-order valence-corrected chi connectivity index (χ4v) is 2.83. The number of benzene rings is 2. The van der Waals surface area contributed by atoms with Gasteiger partial charge in [0.2, 0.25) is 0 Å². The summed E-state index contributed by atoms with van der Waals surface area (Å²) in [5.74, 6) is 0.172. The van der Waals surface area contributed by atoms with E-state index in [1.54, 1.807) is 48.5 Å². The molecular formula is C21H23NO5. The summed E-state index contributed by atoms with van der Waals surface area (Å²) in [5, 5.41) is 2.86. The molecule has 142 valence electrons. The zero-order valence-electron chi connectivity index (χ0n) is 15.3. The molecule has 1 aliphatic rings. The number of methoxy groups -OCH3 is 1. The Labute approximate surface area is 158 Å². The minimum atomic E-state index is -0.382. The number of amides is 1. The van der Waals surface area contributed by atoms with E-state index in [0.717, 1.165) is 30.8 Å². The lowest BCUT2D eigenvalue weighted by Gasteiger charge is -2.12. The fraction of sp³-hybridized carbons (Fsp3) is 0.333. The highest BCUT2D eigenvalue weighted by molar-refractivity contribution is 5.94. The minimum Gasteiger partial charge on any atom is -0.491 e. The average Bonchev–Trinajstić information content (AvgIpc) is 3.24. The van der Waals surface area contributed by atoms with Crippen LogP contribution in [0.25, 0.3) is 0 Å². The van der Waals surface area contributed by atoms with Gasteiger partial charge in [0.25, 0.3) is 5.91 Å². The number of hydrogen-bond acceptors (Lipinski definition) is 5. The molecule has 0 spiro atoms. The van der Waals surface area contributed by atoms with Crippen LogP contribution in [-0.4, -0.2) is 38.3 Å². The molecule has 1 fully saturated rings. The Morgan fingerprint density at radius 2 is 1.78 bits per heavy atom. The summed E-state index contributed by atoms with van der Waals surface area (Å²) in [4.78, 5) is 23.7. The van der Waals surface area contributed by atoms with Crippen LogP contribution in [0.5, 0.6) is 5.75 Å². The lowest BCUT2D eigenvalue weighted by molar-refractivity contribution is 0.0600. The van der Waals surface area contributed by atoms with E-state index in [9.17, 15) is 9.59 Å². The predicted molar refractivity (Wildman–Crippen MR) is 99.9 cm³/mol. The highest BCUT2D eigenvalue weighted by Gasteiger charge is 2.16. The van der Waals surface area contributed by atoms with Gasteiger partial charge in [-0.15, -0.1) is 0 Å². The van der Waals surface area contributed by atoms with Gasteiger partial charge in [0.15, 0.2) is 0 Å². The quantitative estimate of drug-likeness (QED) is 0.760. The Kier molecular flexibility index (Phi) is 6.44. The van der Waals surface area contributed by atoms with Crippen molar-refractivity contribution in [2.45, 2.75) is 25.5 Å². The molecule has 0 bridgehead atoms. The molecular weight excluding hydrogens is 346 g/mol. The molecule has 1 N–H and O–H groups in total. The maximum Gasteiger partial charge on any atom is 0.337 e. The summed E-state index contributed by atoms with van der Waals surface area (Å²) in [5.41, 5.74) is 1.93. The molecule has 2 aromatic carbocycles. The standard InChI is InChI=1S/C21H23NO5/c1-25-21(24)17-6-4-15(5-7-17)13-22-20(23)16-8-10-18(11-9-16)27-14-19-3-2-12-26-19/h4-11,19H,2-3,12-14H2,1H3,(H,22,23). The maximum atomic E-state index is 12.3. The predicted octanol–water partition coefficient (Wildman–Crippen LogP) is 2.96. The maximum absolute atomic E-state index is 12.3. The number of nitrogens with one attached hydrogen (secondary N) is 1. The molecule has 0 aromatic heterocycles. The van der Waals surface area contributed by atoms with Crippen molar-refractivity contribution in [1.29, 1.82) is 0 Å². The van der Waals surface area contributed by atoms with Crippen molar-refractivity contribution < 1.29 is 23.8 Å². The summed E-state index contributed by atoms with van der Waals surface area (Å²) < 4.78 is 15.9. The van der Waals surface area contributed by atoms with Gasteiger partial charge in [0.1, 0.15) is 12.4 Å². The van der Waals surface area contributed by atoms with E-state index in [2.05, 4.69) is 10.1 Å². The summed E-state index contributed by atoms with van der Waals surface area (Å²) in [7, 11) is 1.34. The Bertz CT molecular complexity index is 764. The summed E-state index contributed by atoms with van der Waals surface area (Å²) in [6.45, 7) is 1.71. The SMILES string of the molecule is COC(=O)c1ccc(CNC(=O)c2ccc(OCC3CCCO3)cc2)cc1. The number of esters is 1. The van der Waals surface area contributed by atoms with Crippen molar-refractivity contribution in [3.63, 3.8) is 0 Å². The zero-order chi connectivity index (χ0) is 19.1. The monoisotopic (exact) mass is 369 g/mol. The highest BCUT2D eigenvalue weighted by Crippen LogP contribution is 2.16. The van der Waals surface area contributed by atoms with Gasteiger partial charge in [-0.1, -0.05) is 12.1 Å². The molecule has 27 heavy (non-hydrogen) atoms. The number of carbonyl (C=O) groups excluding carboxylic acids is 2. The van der Waals surface area contributed by atoms with Crippen molar-refractivity contribution in [3.8, 4) is 5.75 Å². The largest absolute Gasteiger partial charge is 0.491 e. The van der Waals surface area contributed by atoms with Crippen molar-refractivity contribution >= 4 is 11.9 Å². The van der Waals surface area contributed by atoms with Crippen molar-refractivity contribution in [2.75, 3.05) is 20.3 Å². The number of ether oxygens (including phenoxy) is 3. The third kappa shape index (κ3) is 5.31. The third-order valence-electron chi connectivity index (χ3n) is 4.40. The summed E-state index contributed by atoms with van der Waals surface area (Å²) >= 11 is 0. The van der Waals surface area contributed by atoms with Crippen LogP contribution in [0, 0.1) is 0 Å². The van der Waals surface area contributed by atoms with E-state index >= 15 is 0 Å². The van der Waals surface area contributed by atoms with Crippen LogP contribution in [0.15, 0.2) is 48.5 Å². The first-order valence-electron chi connectivity index (χ1n) is 8.95. The normalized spacial score (nSPS) is 16.0. The van der Waals surface area contributed by atoms with Crippen molar-refractivity contribution in [3.05, 3.63) is 65.2 Å². The highest BCUT2D eigenvalue weighted by atomic mass is 16.5.